The zero-order chi connectivity index (χ0) is 24.2. The quantitative estimate of drug-likeness (QED) is 0.196. The van der Waals surface area contributed by atoms with Crippen LogP contribution in [0.15, 0.2) is 60.3 Å². The summed E-state index contributed by atoms with van der Waals surface area (Å²) < 4.78 is 0. The molecule has 0 saturated heterocycles. The molecule has 0 unspecified atom stereocenters. The van der Waals surface area contributed by atoms with E-state index in [1.165, 1.54) is 57.4 Å². The topological polar surface area (TPSA) is 77.2 Å². The molecule has 3 rings (SSSR count). The third-order valence-electron chi connectivity index (χ3n) is 5.89. The van der Waals surface area contributed by atoms with Crippen LogP contribution in [0.5, 0.6) is 0 Å². The highest BCUT2D eigenvalue weighted by Crippen LogP contribution is 2.20. The van der Waals surface area contributed by atoms with Crippen LogP contribution in [-0.2, 0) is 4.79 Å². The number of hydrogen-bond acceptors (Lipinski definition) is 3. The number of allylic oxidation sites excluding steroid dienone is 3. The second kappa shape index (κ2) is 13.7. The Morgan fingerprint density at radius 1 is 1.06 bits per heavy atom. The first-order valence-corrected chi connectivity index (χ1v) is 12.6. The molecule has 0 spiro atoms. The SMILES string of the molecule is CCCCCCCCCCN1C=CC(/C=C/C(=O)NNC(=O)c2cc3cc(Cl)ccc3[nH]2)=CC1. The third kappa shape index (κ3) is 8.41. The van der Waals surface area contributed by atoms with Crippen LogP contribution in [0.2, 0.25) is 5.02 Å². The first kappa shape index (κ1) is 25.6. The molecule has 1 aliphatic rings. The second-order valence-electron chi connectivity index (χ2n) is 8.68. The second-order valence-corrected chi connectivity index (χ2v) is 9.12. The van der Waals surface area contributed by atoms with Gasteiger partial charge in [0, 0.05) is 35.1 Å². The van der Waals surface area contributed by atoms with Crippen LogP contribution in [0, 0.1) is 0 Å². The fraction of sp³-hybridized carbons (Fsp3) is 0.407. The molecule has 0 aliphatic carbocycles. The van der Waals surface area contributed by atoms with Gasteiger partial charge >= 0.3 is 0 Å². The lowest BCUT2D eigenvalue weighted by atomic mass is 10.1. The number of hydrazine groups is 1. The van der Waals surface area contributed by atoms with Crippen LogP contribution >= 0.6 is 11.6 Å². The van der Waals surface area contributed by atoms with Gasteiger partial charge in [0.15, 0.2) is 0 Å². The van der Waals surface area contributed by atoms with Crippen LogP contribution < -0.4 is 10.9 Å². The van der Waals surface area contributed by atoms with Gasteiger partial charge in [0.2, 0.25) is 0 Å². The molecule has 7 heteroatoms. The molecule has 6 nitrogen and oxygen atoms in total. The smallest absolute Gasteiger partial charge is 0.286 e. The highest BCUT2D eigenvalue weighted by Gasteiger charge is 2.10. The van der Waals surface area contributed by atoms with E-state index in [0.29, 0.717) is 10.7 Å². The Bertz CT molecular complexity index is 1050. The molecule has 1 aliphatic heterocycles. The van der Waals surface area contributed by atoms with Crippen molar-refractivity contribution in [3.05, 3.63) is 71.1 Å². The summed E-state index contributed by atoms with van der Waals surface area (Å²) in [7, 11) is 0. The molecule has 2 aromatic rings. The summed E-state index contributed by atoms with van der Waals surface area (Å²) in [6, 6.07) is 7.01. The number of halogens is 1. The lowest BCUT2D eigenvalue weighted by molar-refractivity contribution is -0.117. The monoisotopic (exact) mass is 482 g/mol. The molecule has 1 aromatic heterocycles. The maximum Gasteiger partial charge on any atom is 0.286 e. The predicted molar refractivity (Wildman–Crippen MR) is 139 cm³/mol. The fourth-order valence-electron chi connectivity index (χ4n) is 3.91. The molecule has 2 amide bonds. The van der Waals surface area contributed by atoms with Gasteiger partial charge in [-0.3, -0.25) is 20.4 Å². The zero-order valence-corrected chi connectivity index (χ0v) is 20.7. The number of rotatable bonds is 12. The van der Waals surface area contributed by atoms with E-state index >= 15 is 0 Å². The van der Waals surface area contributed by atoms with Gasteiger partial charge in [-0.2, -0.15) is 0 Å². The minimum Gasteiger partial charge on any atom is -0.374 e. The summed E-state index contributed by atoms with van der Waals surface area (Å²) in [5, 5.41) is 1.43. The highest BCUT2D eigenvalue weighted by atomic mass is 35.5. The Hall–Kier alpha value is -2.99. The minimum atomic E-state index is -0.428. The summed E-state index contributed by atoms with van der Waals surface area (Å²) in [5.41, 5.74) is 6.94. The number of nitrogens with one attached hydrogen (secondary N) is 3. The van der Waals surface area contributed by atoms with Crippen molar-refractivity contribution in [3.63, 3.8) is 0 Å². The van der Waals surface area contributed by atoms with Crippen LogP contribution in [0.3, 0.4) is 0 Å². The average Bonchev–Trinajstić information content (AvgIpc) is 3.27. The van der Waals surface area contributed by atoms with E-state index < -0.39 is 11.8 Å². The molecule has 0 saturated carbocycles. The Morgan fingerprint density at radius 3 is 2.56 bits per heavy atom. The van der Waals surface area contributed by atoms with Crippen molar-refractivity contribution in [2.45, 2.75) is 58.3 Å². The number of unbranched alkanes of at least 4 members (excludes halogenated alkanes) is 7. The summed E-state index contributed by atoms with van der Waals surface area (Å²) in [4.78, 5) is 29.7. The minimum absolute atomic E-state index is 0.344. The number of nitrogens with zero attached hydrogens (tertiary/aromatic N) is 1. The van der Waals surface area contributed by atoms with Gasteiger partial charge in [0.1, 0.15) is 5.69 Å². The van der Waals surface area contributed by atoms with Crippen molar-refractivity contribution in [3.8, 4) is 0 Å². The molecular formula is C27H35ClN4O2. The van der Waals surface area contributed by atoms with E-state index in [4.69, 9.17) is 11.6 Å². The van der Waals surface area contributed by atoms with E-state index in [-0.39, 0.29) is 0 Å². The predicted octanol–water partition coefficient (Wildman–Crippen LogP) is 6.03. The molecule has 34 heavy (non-hydrogen) atoms. The number of fused-ring (bicyclic) bond motifs is 1. The van der Waals surface area contributed by atoms with Crippen molar-refractivity contribution in [2.24, 2.45) is 0 Å². The number of aromatic amines is 1. The van der Waals surface area contributed by atoms with Crippen molar-refractivity contribution >= 4 is 34.3 Å². The van der Waals surface area contributed by atoms with Gasteiger partial charge in [-0.25, -0.2) is 0 Å². The average molecular weight is 483 g/mol. The van der Waals surface area contributed by atoms with Crippen LogP contribution in [0.4, 0.5) is 0 Å². The fourth-order valence-corrected chi connectivity index (χ4v) is 4.09. The van der Waals surface area contributed by atoms with Crippen LogP contribution in [-0.4, -0.2) is 34.8 Å². The molecule has 1 aromatic carbocycles. The maximum atomic E-state index is 12.3. The number of H-pyrrole nitrogens is 1. The first-order chi connectivity index (χ1) is 16.5. The summed E-state index contributed by atoms with van der Waals surface area (Å²) in [6.07, 6.45) is 19.9. The standard InChI is InChI=1S/C27H35ClN4O2/c1-2-3-4-5-6-7-8-9-16-32-17-14-21(15-18-32)10-13-26(33)30-31-27(34)25-20-22-19-23(28)11-12-24(22)29-25/h10-15,17,19-20,29H,2-9,16,18H2,1H3,(H,30,33)(H,31,34)/b13-10+. The number of amides is 2. The molecule has 3 N–H and O–H groups in total. The normalized spacial score (nSPS) is 13.5. The van der Waals surface area contributed by atoms with E-state index in [1.54, 1.807) is 30.3 Å². The number of carbonyl (C=O) groups excluding carboxylic acids is 2. The first-order valence-electron chi connectivity index (χ1n) is 12.2. The Kier molecular flexibility index (Phi) is 10.3. The van der Waals surface area contributed by atoms with Crippen molar-refractivity contribution in [2.75, 3.05) is 13.1 Å². The van der Waals surface area contributed by atoms with Crippen molar-refractivity contribution in [1.82, 2.24) is 20.7 Å². The maximum absolute atomic E-state index is 12.3. The molecule has 2 heterocycles. The number of hydrogen-bond donors (Lipinski definition) is 3. The van der Waals surface area contributed by atoms with Gasteiger partial charge in [0.05, 0.1) is 0 Å². The lowest BCUT2D eigenvalue weighted by Crippen LogP contribution is -2.40. The highest BCUT2D eigenvalue weighted by molar-refractivity contribution is 6.31. The van der Waals surface area contributed by atoms with E-state index in [2.05, 4.69) is 39.9 Å². The summed E-state index contributed by atoms with van der Waals surface area (Å²) >= 11 is 5.98. The molecule has 0 radical (unpaired) electrons. The van der Waals surface area contributed by atoms with Crippen molar-refractivity contribution in [1.29, 1.82) is 0 Å². The number of benzene rings is 1. The van der Waals surface area contributed by atoms with Gasteiger partial charge < -0.3 is 9.88 Å². The number of aromatic nitrogens is 1. The number of carbonyl (C=O) groups is 2. The summed E-state index contributed by atoms with van der Waals surface area (Å²) in [5.74, 6) is -0.828. The Balaban J connectivity index is 1.32. The van der Waals surface area contributed by atoms with E-state index in [0.717, 1.165) is 29.6 Å². The molecule has 0 atom stereocenters. The van der Waals surface area contributed by atoms with Gasteiger partial charge in [0.25, 0.3) is 11.8 Å². The third-order valence-corrected chi connectivity index (χ3v) is 6.13. The van der Waals surface area contributed by atoms with E-state index in [9.17, 15) is 9.59 Å². The molecule has 0 bridgehead atoms. The molecule has 182 valence electrons. The van der Waals surface area contributed by atoms with Gasteiger partial charge in [-0.15, -0.1) is 0 Å². The zero-order valence-electron chi connectivity index (χ0n) is 19.9. The largest absolute Gasteiger partial charge is 0.374 e. The lowest BCUT2D eigenvalue weighted by Gasteiger charge is -2.21. The summed E-state index contributed by atoms with van der Waals surface area (Å²) in [6.45, 7) is 4.15. The molecular weight excluding hydrogens is 448 g/mol. The van der Waals surface area contributed by atoms with Gasteiger partial charge in [-0.1, -0.05) is 69.5 Å². The Morgan fingerprint density at radius 2 is 1.82 bits per heavy atom. The van der Waals surface area contributed by atoms with Crippen molar-refractivity contribution < 1.29 is 9.59 Å². The van der Waals surface area contributed by atoms with Crippen LogP contribution in [0.1, 0.15) is 68.8 Å². The molecule has 0 fully saturated rings. The van der Waals surface area contributed by atoms with Gasteiger partial charge in [-0.05, 0) is 54.6 Å². The van der Waals surface area contributed by atoms with E-state index in [1.807, 2.05) is 6.08 Å². The Labute approximate surface area is 207 Å². The van der Waals surface area contributed by atoms with Crippen LogP contribution in [0.25, 0.3) is 10.9 Å².